The average molecular weight is 332 g/mol. The molecule has 1 heterocycles. The summed E-state index contributed by atoms with van der Waals surface area (Å²) in [6, 6.07) is 4.99. The number of halogens is 1. The van der Waals surface area contributed by atoms with Crippen LogP contribution in [0.25, 0.3) is 0 Å². The van der Waals surface area contributed by atoms with E-state index in [9.17, 15) is 8.42 Å². The second-order valence-electron chi connectivity index (χ2n) is 4.38. The number of aromatic nitrogens is 1. The summed E-state index contributed by atoms with van der Waals surface area (Å²) in [5.41, 5.74) is 1.48. The molecule has 1 aromatic heterocycles. The number of rotatable bonds is 5. The maximum atomic E-state index is 12.1. The molecule has 1 aromatic carbocycles. The van der Waals surface area contributed by atoms with Crippen LogP contribution in [0, 0.1) is 6.92 Å². The second kappa shape index (κ2) is 6.11. The summed E-state index contributed by atoms with van der Waals surface area (Å²) < 4.78 is 29.3. The van der Waals surface area contributed by atoms with Crippen molar-refractivity contribution in [1.82, 2.24) is 4.98 Å². The zero-order chi connectivity index (χ0) is 14.8. The highest BCUT2D eigenvalue weighted by Gasteiger charge is 2.16. The Labute approximate surface area is 127 Å². The van der Waals surface area contributed by atoms with Crippen LogP contribution in [0.15, 0.2) is 23.6 Å². The lowest BCUT2D eigenvalue weighted by atomic mass is 10.2. The van der Waals surface area contributed by atoms with Gasteiger partial charge in [-0.3, -0.25) is 0 Å². The summed E-state index contributed by atoms with van der Waals surface area (Å²) in [5.74, 6) is 0.424. The number of hydrogen-bond acceptors (Lipinski definition) is 5. The monoisotopic (exact) mass is 331 g/mol. The van der Waals surface area contributed by atoms with E-state index in [0.29, 0.717) is 21.3 Å². The Morgan fingerprint density at radius 3 is 2.65 bits per heavy atom. The smallest absolute Gasteiger partial charge is 0.160 e. The number of sulfone groups is 1. The van der Waals surface area contributed by atoms with Gasteiger partial charge in [-0.1, -0.05) is 17.7 Å². The number of aryl methyl sites for hydroxylation is 1. The van der Waals surface area contributed by atoms with E-state index in [1.54, 1.807) is 18.2 Å². The Balaban J connectivity index is 2.13. The fourth-order valence-electron chi connectivity index (χ4n) is 1.76. The second-order valence-corrected chi connectivity index (χ2v) is 7.80. The van der Waals surface area contributed by atoms with Crippen LogP contribution in [-0.2, 0) is 21.3 Å². The van der Waals surface area contributed by atoms with Crippen LogP contribution >= 0.6 is 22.9 Å². The minimum absolute atomic E-state index is 0.0465. The molecule has 0 radical (unpaired) electrons. The third kappa shape index (κ3) is 3.94. The maximum Gasteiger partial charge on any atom is 0.160 e. The lowest BCUT2D eigenvalue weighted by molar-refractivity contribution is 0.415. The molecular formula is C13H14ClNO3S2. The summed E-state index contributed by atoms with van der Waals surface area (Å²) in [6.07, 6.45) is 0. The van der Waals surface area contributed by atoms with E-state index in [1.165, 1.54) is 18.4 Å². The van der Waals surface area contributed by atoms with Crippen LogP contribution < -0.4 is 4.74 Å². The van der Waals surface area contributed by atoms with Crippen LogP contribution in [0.4, 0.5) is 0 Å². The standard InChI is InChI=1S/C13H14ClNO3S2/c1-9-6-19-13(15-9)8-20(16,17)7-10-3-4-12(18-2)11(14)5-10/h3-6H,7-8H2,1-2H3. The minimum Gasteiger partial charge on any atom is -0.495 e. The highest BCUT2D eigenvalue weighted by molar-refractivity contribution is 7.89. The van der Waals surface area contributed by atoms with Crippen LogP contribution in [0.5, 0.6) is 5.75 Å². The summed E-state index contributed by atoms with van der Waals surface area (Å²) in [5, 5.41) is 2.86. The molecule has 0 unspecified atom stereocenters. The first-order valence-corrected chi connectivity index (χ1v) is 8.91. The number of nitrogens with zero attached hydrogens (tertiary/aromatic N) is 1. The summed E-state index contributed by atoms with van der Waals surface area (Å²) >= 11 is 7.35. The van der Waals surface area contributed by atoms with Crippen molar-refractivity contribution >= 4 is 32.8 Å². The van der Waals surface area contributed by atoms with E-state index >= 15 is 0 Å². The van der Waals surface area contributed by atoms with Gasteiger partial charge in [-0.05, 0) is 24.6 Å². The predicted octanol–water partition coefficient (Wildman–Crippen LogP) is 3.23. The van der Waals surface area contributed by atoms with Crippen molar-refractivity contribution in [3.05, 3.63) is 44.9 Å². The molecule has 0 amide bonds. The summed E-state index contributed by atoms with van der Waals surface area (Å²) in [6.45, 7) is 1.84. The number of ether oxygens (including phenoxy) is 1. The molecule has 2 aromatic rings. The van der Waals surface area contributed by atoms with E-state index in [2.05, 4.69) is 4.98 Å². The molecule has 0 atom stereocenters. The quantitative estimate of drug-likeness (QED) is 0.844. The molecule has 20 heavy (non-hydrogen) atoms. The normalized spacial score (nSPS) is 11.6. The predicted molar refractivity (Wildman–Crippen MR) is 81.2 cm³/mol. The van der Waals surface area contributed by atoms with Gasteiger partial charge in [0.2, 0.25) is 0 Å². The van der Waals surface area contributed by atoms with Crippen molar-refractivity contribution in [3.8, 4) is 5.75 Å². The molecule has 0 N–H and O–H groups in total. The van der Waals surface area contributed by atoms with Gasteiger partial charge in [-0.15, -0.1) is 11.3 Å². The van der Waals surface area contributed by atoms with Gasteiger partial charge in [0.05, 0.1) is 17.9 Å². The Hall–Kier alpha value is -1.11. The van der Waals surface area contributed by atoms with E-state index < -0.39 is 9.84 Å². The Morgan fingerprint density at radius 1 is 1.35 bits per heavy atom. The van der Waals surface area contributed by atoms with Crippen LogP contribution in [0.1, 0.15) is 16.3 Å². The van der Waals surface area contributed by atoms with Crippen molar-refractivity contribution in [2.75, 3.05) is 7.11 Å². The molecule has 0 saturated carbocycles. The molecule has 2 rings (SSSR count). The lowest BCUT2D eigenvalue weighted by Gasteiger charge is -2.06. The van der Waals surface area contributed by atoms with E-state index in [-0.39, 0.29) is 11.5 Å². The molecule has 0 fully saturated rings. The topological polar surface area (TPSA) is 56.3 Å². The zero-order valence-electron chi connectivity index (χ0n) is 11.1. The fourth-order valence-corrected chi connectivity index (χ4v) is 4.64. The van der Waals surface area contributed by atoms with Gasteiger partial charge in [0.25, 0.3) is 0 Å². The minimum atomic E-state index is -3.26. The molecular weight excluding hydrogens is 318 g/mol. The summed E-state index contributed by atoms with van der Waals surface area (Å²) in [7, 11) is -1.75. The number of thiazole rings is 1. The fraction of sp³-hybridized carbons (Fsp3) is 0.308. The van der Waals surface area contributed by atoms with Gasteiger partial charge in [0.15, 0.2) is 9.84 Å². The highest BCUT2D eigenvalue weighted by Crippen LogP contribution is 2.26. The molecule has 4 nitrogen and oxygen atoms in total. The Bertz CT molecular complexity index is 710. The maximum absolute atomic E-state index is 12.1. The van der Waals surface area contributed by atoms with E-state index in [4.69, 9.17) is 16.3 Å². The van der Waals surface area contributed by atoms with E-state index in [0.717, 1.165) is 5.69 Å². The van der Waals surface area contributed by atoms with Gasteiger partial charge in [0, 0.05) is 11.1 Å². The Kier molecular flexibility index (Phi) is 4.67. The number of benzene rings is 1. The van der Waals surface area contributed by atoms with Crippen molar-refractivity contribution in [3.63, 3.8) is 0 Å². The van der Waals surface area contributed by atoms with Gasteiger partial charge in [-0.25, -0.2) is 13.4 Å². The van der Waals surface area contributed by atoms with Crippen LogP contribution in [0.2, 0.25) is 5.02 Å². The van der Waals surface area contributed by atoms with Crippen molar-refractivity contribution in [2.24, 2.45) is 0 Å². The third-order valence-corrected chi connectivity index (χ3v) is 5.54. The molecule has 0 aliphatic rings. The molecule has 0 spiro atoms. The first-order chi connectivity index (χ1) is 9.39. The SMILES string of the molecule is COc1ccc(CS(=O)(=O)Cc2nc(C)cs2)cc1Cl. The molecule has 0 saturated heterocycles. The largest absolute Gasteiger partial charge is 0.495 e. The Morgan fingerprint density at radius 2 is 2.10 bits per heavy atom. The molecule has 0 aliphatic carbocycles. The highest BCUT2D eigenvalue weighted by atomic mass is 35.5. The molecule has 0 bridgehead atoms. The summed E-state index contributed by atoms with van der Waals surface area (Å²) in [4.78, 5) is 4.18. The lowest BCUT2D eigenvalue weighted by Crippen LogP contribution is -2.07. The molecule has 0 aliphatic heterocycles. The van der Waals surface area contributed by atoms with Gasteiger partial charge in [0.1, 0.15) is 16.5 Å². The van der Waals surface area contributed by atoms with Crippen molar-refractivity contribution in [2.45, 2.75) is 18.4 Å². The zero-order valence-corrected chi connectivity index (χ0v) is 13.5. The molecule has 7 heteroatoms. The van der Waals surface area contributed by atoms with Crippen molar-refractivity contribution in [1.29, 1.82) is 0 Å². The van der Waals surface area contributed by atoms with Gasteiger partial charge in [-0.2, -0.15) is 0 Å². The third-order valence-electron chi connectivity index (χ3n) is 2.61. The van der Waals surface area contributed by atoms with Gasteiger partial charge < -0.3 is 4.74 Å². The first-order valence-electron chi connectivity index (χ1n) is 5.83. The average Bonchev–Trinajstić information content (AvgIpc) is 2.73. The van der Waals surface area contributed by atoms with Crippen molar-refractivity contribution < 1.29 is 13.2 Å². The first kappa shape index (κ1) is 15.3. The van der Waals surface area contributed by atoms with Crippen LogP contribution in [0.3, 0.4) is 0 Å². The van der Waals surface area contributed by atoms with E-state index in [1.807, 2.05) is 12.3 Å². The number of methoxy groups -OCH3 is 1. The van der Waals surface area contributed by atoms with Gasteiger partial charge >= 0.3 is 0 Å². The number of hydrogen-bond donors (Lipinski definition) is 0. The molecule has 108 valence electrons. The van der Waals surface area contributed by atoms with Crippen LogP contribution in [-0.4, -0.2) is 20.5 Å².